The number of hydrogen-bond donors (Lipinski definition) is 1. The number of aryl methyl sites for hydroxylation is 1. The number of hydrogen-bond acceptors (Lipinski definition) is 3. The molecule has 1 aromatic heterocycles. The molecule has 1 fully saturated rings. The maximum absolute atomic E-state index is 12.5. The highest BCUT2D eigenvalue weighted by atomic mass is 35.5. The van der Waals surface area contributed by atoms with Gasteiger partial charge < -0.3 is 10.2 Å². The van der Waals surface area contributed by atoms with Crippen LogP contribution >= 0.6 is 11.6 Å². The van der Waals surface area contributed by atoms with Crippen LogP contribution in [0.5, 0.6) is 0 Å². The van der Waals surface area contributed by atoms with Gasteiger partial charge in [0.05, 0.1) is 0 Å². The van der Waals surface area contributed by atoms with Crippen LogP contribution in [0.1, 0.15) is 35.8 Å². The monoisotopic (exact) mass is 309 g/mol. The van der Waals surface area contributed by atoms with Gasteiger partial charge in [0.2, 0.25) is 5.91 Å². The lowest BCUT2D eigenvalue weighted by molar-refractivity contribution is -0.125. The SMILES string of the molecule is CCc1cc(C(=O)N2CCC(C(=O)NC)CC2)cc(Cl)n1. The zero-order valence-electron chi connectivity index (χ0n) is 12.4. The van der Waals surface area contributed by atoms with E-state index in [1.54, 1.807) is 24.1 Å². The van der Waals surface area contributed by atoms with E-state index in [4.69, 9.17) is 11.6 Å². The molecule has 0 bridgehead atoms. The van der Waals surface area contributed by atoms with Gasteiger partial charge in [0.1, 0.15) is 5.15 Å². The highest BCUT2D eigenvalue weighted by molar-refractivity contribution is 6.29. The molecule has 5 nitrogen and oxygen atoms in total. The normalized spacial score (nSPS) is 15.9. The van der Waals surface area contributed by atoms with Crippen molar-refractivity contribution in [2.24, 2.45) is 5.92 Å². The summed E-state index contributed by atoms with van der Waals surface area (Å²) < 4.78 is 0. The van der Waals surface area contributed by atoms with Crippen LogP contribution in [0.2, 0.25) is 5.15 Å². The van der Waals surface area contributed by atoms with E-state index in [1.807, 2.05) is 6.92 Å². The second kappa shape index (κ2) is 6.89. The molecule has 1 aliphatic rings. The second-order valence-corrected chi connectivity index (χ2v) is 5.59. The molecule has 2 rings (SSSR count). The van der Waals surface area contributed by atoms with Crippen molar-refractivity contribution in [1.29, 1.82) is 0 Å². The standard InChI is InChI=1S/C15H20ClN3O2/c1-3-12-8-11(9-13(16)18-12)15(21)19-6-4-10(5-7-19)14(20)17-2/h8-10H,3-7H2,1-2H3,(H,17,20). The lowest BCUT2D eigenvalue weighted by Gasteiger charge is -2.31. The quantitative estimate of drug-likeness (QED) is 0.867. The van der Waals surface area contributed by atoms with Crippen LogP contribution in [-0.4, -0.2) is 41.8 Å². The minimum Gasteiger partial charge on any atom is -0.359 e. The van der Waals surface area contributed by atoms with Gasteiger partial charge in [-0.05, 0) is 31.4 Å². The molecule has 2 heterocycles. The summed E-state index contributed by atoms with van der Waals surface area (Å²) in [6.45, 7) is 3.17. The Hall–Kier alpha value is -1.62. The zero-order valence-corrected chi connectivity index (χ0v) is 13.1. The molecule has 6 heteroatoms. The summed E-state index contributed by atoms with van der Waals surface area (Å²) in [5.74, 6) is 0.0259. The number of aromatic nitrogens is 1. The highest BCUT2D eigenvalue weighted by Gasteiger charge is 2.27. The number of rotatable bonds is 3. The molecule has 21 heavy (non-hydrogen) atoms. The Morgan fingerprint density at radius 2 is 2.05 bits per heavy atom. The van der Waals surface area contributed by atoms with E-state index in [-0.39, 0.29) is 17.7 Å². The van der Waals surface area contributed by atoms with E-state index in [1.165, 1.54) is 0 Å². The number of nitrogens with zero attached hydrogens (tertiary/aromatic N) is 2. The smallest absolute Gasteiger partial charge is 0.254 e. The first-order valence-corrected chi connectivity index (χ1v) is 7.60. The van der Waals surface area contributed by atoms with Crippen molar-refractivity contribution in [3.8, 4) is 0 Å². The van der Waals surface area contributed by atoms with Gasteiger partial charge in [0, 0.05) is 37.3 Å². The van der Waals surface area contributed by atoms with Crippen molar-refractivity contribution in [2.75, 3.05) is 20.1 Å². The Labute approximate surface area is 129 Å². The predicted molar refractivity (Wildman–Crippen MR) is 81.3 cm³/mol. The zero-order chi connectivity index (χ0) is 15.4. The minimum atomic E-state index is -0.0376. The third-order valence-corrected chi connectivity index (χ3v) is 4.05. The maximum atomic E-state index is 12.5. The first-order chi connectivity index (χ1) is 10.0. The van der Waals surface area contributed by atoms with Gasteiger partial charge >= 0.3 is 0 Å². The second-order valence-electron chi connectivity index (χ2n) is 5.20. The summed E-state index contributed by atoms with van der Waals surface area (Å²) >= 11 is 5.96. The molecule has 0 spiro atoms. The highest BCUT2D eigenvalue weighted by Crippen LogP contribution is 2.20. The lowest BCUT2D eigenvalue weighted by Crippen LogP contribution is -2.42. The third kappa shape index (κ3) is 3.73. The molecule has 114 valence electrons. The number of amides is 2. The molecule has 1 aromatic rings. The molecular weight excluding hydrogens is 290 g/mol. The van der Waals surface area contributed by atoms with E-state index in [0.29, 0.717) is 36.6 Å². The Morgan fingerprint density at radius 1 is 1.38 bits per heavy atom. The van der Waals surface area contributed by atoms with Gasteiger partial charge in [-0.1, -0.05) is 18.5 Å². The Morgan fingerprint density at radius 3 is 2.62 bits per heavy atom. The van der Waals surface area contributed by atoms with E-state index in [9.17, 15) is 9.59 Å². The van der Waals surface area contributed by atoms with Crippen LogP contribution in [-0.2, 0) is 11.2 Å². The van der Waals surface area contributed by atoms with Crippen LogP contribution in [0.25, 0.3) is 0 Å². The number of pyridine rings is 1. The lowest BCUT2D eigenvalue weighted by atomic mass is 9.95. The molecule has 1 aliphatic heterocycles. The van der Waals surface area contributed by atoms with E-state index < -0.39 is 0 Å². The molecule has 2 amide bonds. The third-order valence-electron chi connectivity index (χ3n) is 3.86. The summed E-state index contributed by atoms with van der Waals surface area (Å²) in [6, 6.07) is 3.40. The Kier molecular flexibility index (Phi) is 5.17. The van der Waals surface area contributed by atoms with Gasteiger partial charge in [0.15, 0.2) is 0 Å². The van der Waals surface area contributed by atoms with Crippen molar-refractivity contribution < 1.29 is 9.59 Å². The fourth-order valence-electron chi connectivity index (χ4n) is 2.59. The van der Waals surface area contributed by atoms with Crippen molar-refractivity contribution >= 4 is 23.4 Å². The van der Waals surface area contributed by atoms with E-state index >= 15 is 0 Å². The molecule has 0 aromatic carbocycles. The van der Waals surface area contributed by atoms with Crippen LogP contribution in [0, 0.1) is 5.92 Å². The van der Waals surface area contributed by atoms with Crippen LogP contribution in [0.15, 0.2) is 12.1 Å². The summed E-state index contributed by atoms with van der Waals surface area (Å²) in [4.78, 5) is 30.1. The van der Waals surface area contributed by atoms with Crippen LogP contribution in [0.3, 0.4) is 0 Å². The predicted octanol–water partition coefficient (Wildman–Crippen LogP) is 1.90. The largest absolute Gasteiger partial charge is 0.359 e. The maximum Gasteiger partial charge on any atom is 0.254 e. The average molecular weight is 310 g/mol. The van der Waals surface area contributed by atoms with E-state index in [2.05, 4.69) is 10.3 Å². The summed E-state index contributed by atoms with van der Waals surface area (Å²) in [5.41, 5.74) is 1.39. The van der Waals surface area contributed by atoms with E-state index in [0.717, 1.165) is 12.1 Å². The fourth-order valence-corrected chi connectivity index (χ4v) is 2.81. The van der Waals surface area contributed by atoms with Gasteiger partial charge in [-0.2, -0.15) is 0 Å². The van der Waals surface area contributed by atoms with Crippen molar-refractivity contribution in [3.05, 3.63) is 28.5 Å². The van der Waals surface area contributed by atoms with Gasteiger partial charge in [-0.25, -0.2) is 4.98 Å². The topological polar surface area (TPSA) is 62.3 Å². The van der Waals surface area contributed by atoms with Gasteiger partial charge in [0.25, 0.3) is 5.91 Å². The molecule has 0 aliphatic carbocycles. The number of nitrogens with one attached hydrogen (secondary N) is 1. The number of carbonyl (C=O) groups is 2. The number of carbonyl (C=O) groups excluding carboxylic acids is 2. The number of likely N-dealkylation sites (tertiary alicyclic amines) is 1. The Balaban J connectivity index is 2.05. The van der Waals surface area contributed by atoms with Crippen LogP contribution < -0.4 is 5.32 Å². The van der Waals surface area contributed by atoms with Crippen LogP contribution in [0.4, 0.5) is 0 Å². The first kappa shape index (κ1) is 15.8. The molecule has 0 atom stereocenters. The fraction of sp³-hybridized carbons (Fsp3) is 0.533. The number of piperidine rings is 1. The van der Waals surface area contributed by atoms with Crippen molar-refractivity contribution in [2.45, 2.75) is 26.2 Å². The van der Waals surface area contributed by atoms with Crippen molar-refractivity contribution in [1.82, 2.24) is 15.2 Å². The Bertz CT molecular complexity index is 540. The molecule has 0 saturated carbocycles. The average Bonchev–Trinajstić information content (AvgIpc) is 2.52. The van der Waals surface area contributed by atoms with Gasteiger partial charge in [-0.15, -0.1) is 0 Å². The van der Waals surface area contributed by atoms with Crippen molar-refractivity contribution in [3.63, 3.8) is 0 Å². The molecule has 1 saturated heterocycles. The summed E-state index contributed by atoms with van der Waals surface area (Å²) in [7, 11) is 1.64. The molecule has 0 radical (unpaired) electrons. The number of halogens is 1. The van der Waals surface area contributed by atoms with Gasteiger partial charge in [-0.3, -0.25) is 9.59 Å². The first-order valence-electron chi connectivity index (χ1n) is 7.22. The molecule has 1 N–H and O–H groups in total. The molecule has 0 unspecified atom stereocenters. The summed E-state index contributed by atoms with van der Waals surface area (Å²) in [6.07, 6.45) is 2.13. The molecular formula is C15H20ClN3O2. The minimum absolute atomic E-state index is 0.00582. The summed E-state index contributed by atoms with van der Waals surface area (Å²) in [5, 5.41) is 3.01.